The summed E-state index contributed by atoms with van der Waals surface area (Å²) in [6.07, 6.45) is 2.27. The Morgan fingerprint density at radius 2 is 1.77 bits per heavy atom. The van der Waals surface area contributed by atoms with Gasteiger partial charge in [-0.3, -0.25) is 4.79 Å². The molecule has 0 bridgehead atoms. The second-order valence-electron chi connectivity index (χ2n) is 5.66. The molecule has 2 aromatic rings. The van der Waals surface area contributed by atoms with Crippen molar-refractivity contribution in [1.82, 2.24) is 5.32 Å². The third-order valence-electron chi connectivity index (χ3n) is 4.02. The molecule has 1 aliphatic heterocycles. The lowest BCUT2D eigenvalue weighted by molar-refractivity contribution is -0.130. The molecule has 114 valence electrons. The van der Waals surface area contributed by atoms with Crippen LogP contribution in [0.3, 0.4) is 0 Å². The standard InChI is InChI=1S/C19H21NO2/c21-19(18-12-7-13-22-18)20-17(16-10-5-2-6-11-16)14-15-8-3-1-4-9-15/h1-6,8-11,17-18H,7,12-14H2,(H,20,21)/t17-,18-/m1/s1. The lowest BCUT2D eigenvalue weighted by Crippen LogP contribution is -2.37. The number of nitrogens with one attached hydrogen (secondary N) is 1. The molecule has 0 saturated carbocycles. The third-order valence-corrected chi connectivity index (χ3v) is 4.02. The Labute approximate surface area is 131 Å². The molecule has 2 atom stereocenters. The number of hydrogen-bond acceptors (Lipinski definition) is 2. The van der Waals surface area contributed by atoms with Gasteiger partial charge in [-0.25, -0.2) is 0 Å². The smallest absolute Gasteiger partial charge is 0.249 e. The van der Waals surface area contributed by atoms with Crippen LogP contribution >= 0.6 is 0 Å². The van der Waals surface area contributed by atoms with Crippen LogP contribution in [-0.4, -0.2) is 18.6 Å². The fraction of sp³-hybridized carbons (Fsp3) is 0.316. The second kappa shape index (κ2) is 7.23. The van der Waals surface area contributed by atoms with Crippen LogP contribution < -0.4 is 5.32 Å². The summed E-state index contributed by atoms with van der Waals surface area (Å²) in [7, 11) is 0. The molecule has 0 spiro atoms. The Bertz CT molecular complexity index is 591. The van der Waals surface area contributed by atoms with Crippen molar-refractivity contribution in [2.75, 3.05) is 6.61 Å². The number of rotatable bonds is 5. The molecule has 0 radical (unpaired) electrons. The molecule has 3 heteroatoms. The molecule has 0 aliphatic carbocycles. The molecule has 1 heterocycles. The van der Waals surface area contributed by atoms with Crippen molar-refractivity contribution < 1.29 is 9.53 Å². The van der Waals surface area contributed by atoms with E-state index in [1.54, 1.807) is 0 Å². The molecule has 22 heavy (non-hydrogen) atoms. The van der Waals surface area contributed by atoms with Crippen molar-refractivity contribution in [2.24, 2.45) is 0 Å². The number of amides is 1. The SMILES string of the molecule is O=C(N[C@H](Cc1ccccc1)c1ccccc1)[C@H]1CCCO1. The average molecular weight is 295 g/mol. The van der Waals surface area contributed by atoms with Gasteiger partial charge in [-0.1, -0.05) is 60.7 Å². The number of benzene rings is 2. The fourth-order valence-corrected chi connectivity index (χ4v) is 2.84. The molecule has 1 fully saturated rings. The topological polar surface area (TPSA) is 38.3 Å². The van der Waals surface area contributed by atoms with Crippen LogP contribution in [0.2, 0.25) is 0 Å². The van der Waals surface area contributed by atoms with E-state index in [4.69, 9.17) is 4.74 Å². The number of hydrogen-bond donors (Lipinski definition) is 1. The number of carbonyl (C=O) groups is 1. The highest BCUT2D eigenvalue weighted by atomic mass is 16.5. The van der Waals surface area contributed by atoms with Crippen LogP contribution in [0.4, 0.5) is 0 Å². The van der Waals surface area contributed by atoms with Crippen LogP contribution in [0.15, 0.2) is 60.7 Å². The Morgan fingerprint density at radius 1 is 1.09 bits per heavy atom. The van der Waals surface area contributed by atoms with Crippen molar-refractivity contribution >= 4 is 5.91 Å². The normalized spacial score (nSPS) is 18.8. The van der Waals surface area contributed by atoms with Gasteiger partial charge in [0.15, 0.2) is 0 Å². The van der Waals surface area contributed by atoms with E-state index < -0.39 is 0 Å². The summed E-state index contributed by atoms with van der Waals surface area (Å²) in [5.41, 5.74) is 2.33. The van der Waals surface area contributed by atoms with Gasteiger partial charge in [0.1, 0.15) is 6.10 Å². The van der Waals surface area contributed by atoms with Crippen molar-refractivity contribution in [2.45, 2.75) is 31.4 Å². The van der Waals surface area contributed by atoms with E-state index in [0.29, 0.717) is 6.61 Å². The Kier molecular flexibility index (Phi) is 4.86. The summed E-state index contributed by atoms with van der Waals surface area (Å²) in [6, 6.07) is 20.3. The van der Waals surface area contributed by atoms with Crippen LogP contribution in [0, 0.1) is 0 Å². The van der Waals surface area contributed by atoms with Gasteiger partial charge in [0.05, 0.1) is 6.04 Å². The van der Waals surface area contributed by atoms with Crippen LogP contribution in [0.5, 0.6) is 0 Å². The summed E-state index contributed by atoms with van der Waals surface area (Å²) in [5, 5.41) is 3.16. The van der Waals surface area contributed by atoms with Crippen molar-refractivity contribution in [3.63, 3.8) is 0 Å². The van der Waals surface area contributed by atoms with Gasteiger partial charge in [0.2, 0.25) is 5.91 Å². The zero-order valence-corrected chi connectivity index (χ0v) is 12.6. The van der Waals surface area contributed by atoms with Crippen LogP contribution in [0.25, 0.3) is 0 Å². The summed E-state index contributed by atoms with van der Waals surface area (Å²) >= 11 is 0. The van der Waals surface area contributed by atoms with Crippen LogP contribution in [-0.2, 0) is 16.0 Å². The van der Waals surface area contributed by atoms with E-state index in [-0.39, 0.29) is 18.1 Å². The van der Waals surface area contributed by atoms with Gasteiger partial charge < -0.3 is 10.1 Å². The highest BCUT2D eigenvalue weighted by Gasteiger charge is 2.26. The molecule has 0 aromatic heterocycles. The lowest BCUT2D eigenvalue weighted by Gasteiger charge is -2.21. The van der Waals surface area contributed by atoms with E-state index in [1.807, 2.05) is 36.4 Å². The van der Waals surface area contributed by atoms with E-state index >= 15 is 0 Å². The van der Waals surface area contributed by atoms with Crippen molar-refractivity contribution in [1.29, 1.82) is 0 Å². The molecule has 2 aromatic carbocycles. The van der Waals surface area contributed by atoms with Crippen molar-refractivity contribution in [3.8, 4) is 0 Å². The third kappa shape index (κ3) is 3.74. The summed E-state index contributed by atoms with van der Waals surface area (Å²) in [6.45, 7) is 0.687. The summed E-state index contributed by atoms with van der Waals surface area (Å²) in [5.74, 6) is 0.00211. The molecular weight excluding hydrogens is 274 g/mol. The number of carbonyl (C=O) groups excluding carboxylic acids is 1. The maximum atomic E-state index is 12.4. The maximum Gasteiger partial charge on any atom is 0.249 e. The Morgan fingerprint density at radius 3 is 2.41 bits per heavy atom. The largest absolute Gasteiger partial charge is 0.368 e. The van der Waals surface area contributed by atoms with E-state index in [1.165, 1.54) is 5.56 Å². The maximum absolute atomic E-state index is 12.4. The van der Waals surface area contributed by atoms with Gasteiger partial charge in [0, 0.05) is 6.61 Å². The monoisotopic (exact) mass is 295 g/mol. The molecule has 3 nitrogen and oxygen atoms in total. The minimum atomic E-state index is -0.290. The minimum absolute atomic E-state index is 0.00211. The summed E-state index contributed by atoms with van der Waals surface area (Å²) < 4.78 is 5.49. The van der Waals surface area contributed by atoms with Gasteiger partial charge in [-0.2, -0.15) is 0 Å². The van der Waals surface area contributed by atoms with Gasteiger partial charge in [0.25, 0.3) is 0 Å². The zero-order valence-electron chi connectivity index (χ0n) is 12.6. The van der Waals surface area contributed by atoms with E-state index in [0.717, 1.165) is 24.8 Å². The quantitative estimate of drug-likeness (QED) is 0.919. The van der Waals surface area contributed by atoms with Crippen LogP contribution in [0.1, 0.15) is 30.0 Å². The first-order chi connectivity index (χ1) is 10.8. The van der Waals surface area contributed by atoms with Gasteiger partial charge >= 0.3 is 0 Å². The fourth-order valence-electron chi connectivity index (χ4n) is 2.84. The first-order valence-electron chi connectivity index (χ1n) is 7.84. The Balaban J connectivity index is 1.75. The highest BCUT2D eigenvalue weighted by molar-refractivity contribution is 5.81. The predicted molar refractivity (Wildman–Crippen MR) is 86.4 cm³/mol. The molecule has 1 aliphatic rings. The van der Waals surface area contributed by atoms with Crippen molar-refractivity contribution in [3.05, 3.63) is 71.8 Å². The summed E-state index contributed by atoms with van der Waals surface area (Å²) in [4.78, 5) is 12.4. The molecule has 3 rings (SSSR count). The first-order valence-corrected chi connectivity index (χ1v) is 7.84. The average Bonchev–Trinajstić information content (AvgIpc) is 3.11. The van der Waals surface area contributed by atoms with Gasteiger partial charge in [-0.05, 0) is 30.4 Å². The minimum Gasteiger partial charge on any atom is -0.368 e. The predicted octanol–water partition coefficient (Wildman–Crippen LogP) is 3.27. The zero-order chi connectivity index (χ0) is 15.2. The molecule has 1 N–H and O–H groups in total. The Hall–Kier alpha value is -2.13. The highest BCUT2D eigenvalue weighted by Crippen LogP contribution is 2.20. The van der Waals surface area contributed by atoms with Gasteiger partial charge in [-0.15, -0.1) is 0 Å². The lowest BCUT2D eigenvalue weighted by atomic mass is 9.98. The van der Waals surface area contributed by atoms with E-state index in [2.05, 4.69) is 29.6 Å². The second-order valence-corrected chi connectivity index (χ2v) is 5.66. The first kappa shape index (κ1) is 14.8. The molecule has 0 unspecified atom stereocenters. The van der Waals surface area contributed by atoms with E-state index in [9.17, 15) is 4.79 Å². The number of ether oxygens (including phenoxy) is 1. The molecule has 1 saturated heterocycles. The molecule has 1 amide bonds. The molecular formula is C19H21NO2.